The Bertz CT molecular complexity index is 1110. The number of carbonyl (C=O) groups is 1. The van der Waals surface area contributed by atoms with Gasteiger partial charge < -0.3 is 29.7 Å². The van der Waals surface area contributed by atoms with E-state index in [0.29, 0.717) is 11.5 Å². The molecule has 9 heteroatoms. The van der Waals surface area contributed by atoms with Crippen LogP contribution in [0.5, 0.6) is 11.5 Å². The highest BCUT2D eigenvalue weighted by Crippen LogP contribution is 2.32. The molecule has 1 atom stereocenters. The van der Waals surface area contributed by atoms with Gasteiger partial charge >= 0.3 is 6.09 Å². The summed E-state index contributed by atoms with van der Waals surface area (Å²) < 4.78 is 17.0. The molecule has 0 bridgehead atoms. The van der Waals surface area contributed by atoms with Crippen molar-refractivity contribution in [1.29, 1.82) is 0 Å². The van der Waals surface area contributed by atoms with E-state index in [1.165, 1.54) is 5.06 Å². The zero-order valence-corrected chi connectivity index (χ0v) is 21.0. The maximum absolute atomic E-state index is 12.3. The largest absolute Gasteiger partial charge is 0.497 e. The summed E-state index contributed by atoms with van der Waals surface area (Å²) >= 11 is 3.51. The van der Waals surface area contributed by atoms with Crippen LogP contribution < -0.4 is 14.8 Å². The lowest BCUT2D eigenvalue weighted by molar-refractivity contribution is -0.136. The standard InChI is InChI=1S/C24H30BrN3O5/c1-24(2,3)33-23(29)27-13-21(19-12-26-20-9-7-16(25)10-18(19)20)28(30)14-15-6-8-17(31-4)11-22(15)32-5/h6-12,21,26,30H,13-14H2,1-5H3,(H,27,29). The molecule has 0 aliphatic carbocycles. The van der Waals surface area contributed by atoms with E-state index in [4.69, 9.17) is 14.2 Å². The van der Waals surface area contributed by atoms with Crippen molar-refractivity contribution in [2.24, 2.45) is 0 Å². The Balaban J connectivity index is 1.90. The number of H-pyrrole nitrogens is 1. The number of ether oxygens (including phenoxy) is 3. The molecule has 0 saturated heterocycles. The summed E-state index contributed by atoms with van der Waals surface area (Å²) in [7, 11) is 3.15. The number of methoxy groups -OCH3 is 2. The Labute approximate surface area is 201 Å². The SMILES string of the molecule is COc1ccc(CN(O)C(CNC(=O)OC(C)(C)C)c2c[nH]c3ccc(Br)cc23)c(OC)c1. The third-order valence-electron chi connectivity index (χ3n) is 5.06. The van der Waals surface area contributed by atoms with E-state index < -0.39 is 17.7 Å². The number of alkyl carbamates (subject to hydrolysis) is 1. The van der Waals surface area contributed by atoms with E-state index in [1.807, 2.05) is 36.5 Å². The first-order valence-electron chi connectivity index (χ1n) is 10.5. The topological polar surface area (TPSA) is 96.0 Å². The van der Waals surface area contributed by atoms with Crippen molar-refractivity contribution in [1.82, 2.24) is 15.4 Å². The molecule has 0 saturated carbocycles. The fourth-order valence-corrected chi connectivity index (χ4v) is 3.89. The first-order valence-corrected chi connectivity index (χ1v) is 11.3. The Kier molecular flexibility index (Phi) is 7.88. The number of benzene rings is 2. The minimum atomic E-state index is -0.624. The molecule has 1 unspecified atom stereocenters. The van der Waals surface area contributed by atoms with Crippen LogP contribution in [0.2, 0.25) is 0 Å². The van der Waals surface area contributed by atoms with Crippen molar-refractivity contribution in [3.8, 4) is 11.5 Å². The number of nitrogens with zero attached hydrogens (tertiary/aromatic N) is 1. The van der Waals surface area contributed by atoms with Crippen LogP contribution in [0.25, 0.3) is 10.9 Å². The smallest absolute Gasteiger partial charge is 0.407 e. The second-order valence-electron chi connectivity index (χ2n) is 8.61. The summed E-state index contributed by atoms with van der Waals surface area (Å²) in [6.07, 6.45) is 1.29. The van der Waals surface area contributed by atoms with Crippen molar-refractivity contribution >= 4 is 32.9 Å². The third-order valence-corrected chi connectivity index (χ3v) is 5.55. The van der Waals surface area contributed by atoms with Gasteiger partial charge in [-0.3, -0.25) is 0 Å². The molecule has 0 fully saturated rings. The van der Waals surface area contributed by atoms with Crippen molar-refractivity contribution in [2.75, 3.05) is 20.8 Å². The number of halogens is 1. The number of hydrogen-bond donors (Lipinski definition) is 3. The van der Waals surface area contributed by atoms with Gasteiger partial charge in [-0.25, -0.2) is 4.79 Å². The summed E-state index contributed by atoms with van der Waals surface area (Å²) in [4.78, 5) is 15.6. The van der Waals surface area contributed by atoms with E-state index in [9.17, 15) is 10.0 Å². The maximum atomic E-state index is 12.3. The summed E-state index contributed by atoms with van der Waals surface area (Å²) in [6, 6.07) is 10.7. The molecule has 1 heterocycles. The normalized spacial score (nSPS) is 12.6. The highest BCUT2D eigenvalue weighted by molar-refractivity contribution is 9.10. The number of hydroxylamine groups is 2. The van der Waals surface area contributed by atoms with Crippen LogP contribution in [0, 0.1) is 0 Å². The van der Waals surface area contributed by atoms with Crippen molar-refractivity contribution in [2.45, 2.75) is 39.0 Å². The van der Waals surface area contributed by atoms with Crippen LogP contribution in [0.4, 0.5) is 4.79 Å². The molecule has 178 valence electrons. The maximum Gasteiger partial charge on any atom is 0.407 e. The Morgan fingerprint density at radius 3 is 2.61 bits per heavy atom. The van der Waals surface area contributed by atoms with Crippen LogP contribution in [-0.2, 0) is 11.3 Å². The molecular weight excluding hydrogens is 490 g/mol. The van der Waals surface area contributed by atoms with Gasteiger partial charge in [0.05, 0.1) is 26.8 Å². The van der Waals surface area contributed by atoms with Gasteiger partial charge in [0, 0.05) is 39.7 Å². The quantitative estimate of drug-likeness (QED) is 0.344. The number of amides is 1. The number of carbonyl (C=O) groups excluding carboxylic acids is 1. The lowest BCUT2D eigenvalue weighted by Gasteiger charge is -2.28. The van der Waals surface area contributed by atoms with Crippen molar-refractivity contribution in [3.63, 3.8) is 0 Å². The molecule has 3 aromatic rings. The number of nitrogens with one attached hydrogen (secondary N) is 2. The predicted octanol–water partition coefficient (Wildman–Crippen LogP) is 5.40. The van der Waals surface area contributed by atoms with Gasteiger partial charge in [0.2, 0.25) is 0 Å². The fraction of sp³-hybridized carbons (Fsp3) is 0.375. The number of hydrogen-bond acceptors (Lipinski definition) is 6. The van der Waals surface area contributed by atoms with Crippen LogP contribution in [0.3, 0.4) is 0 Å². The molecule has 0 aliphatic rings. The highest BCUT2D eigenvalue weighted by atomic mass is 79.9. The molecule has 0 radical (unpaired) electrons. The van der Waals surface area contributed by atoms with Crippen molar-refractivity contribution in [3.05, 3.63) is 58.2 Å². The van der Waals surface area contributed by atoms with Crippen LogP contribution >= 0.6 is 15.9 Å². The number of fused-ring (bicyclic) bond motifs is 1. The van der Waals surface area contributed by atoms with Gasteiger partial charge in [-0.15, -0.1) is 0 Å². The van der Waals surface area contributed by atoms with Gasteiger partial charge in [0.25, 0.3) is 0 Å². The molecule has 0 spiro atoms. The summed E-state index contributed by atoms with van der Waals surface area (Å²) in [5.41, 5.74) is 1.90. The molecular formula is C24H30BrN3O5. The number of aromatic amines is 1. The molecule has 8 nitrogen and oxygen atoms in total. The number of aromatic nitrogens is 1. The zero-order valence-electron chi connectivity index (χ0n) is 19.4. The third kappa shape index (κ3) is 6.40. The van der Waals surface area contributed by atoms with Gasteiger partial charge in [-0.05, 0) is 50.6 Å². The molecule has 2 aromatic carbocycles. The Morgan fingerprint density at radius 2 is 1.94 bits per heavy atom. The van der Waals surface area contributed by atoms with Gasteiger partial charge in [-0.1, -0.05) is 22.0 Å². The monoisotopic (exact) mass is 519 g/mol. The van der Waals surface area contributed by atoms with E-state index in [0.717, 1.165) is 26.5 Å². The van der Waals surface area contributed by atoms with Crippen LogP contribution in [0.1, 0.15) is 37.9 Å². The molecule has 3 rings (SSSR count). The molecule has 1 amide bonds. The summed E-state index contributed by atoms with van der Waals surface area (Å²) in [5, 5.41) is 16.1. The average molecular weight is 520 g/mol. The van der Waals surface area contributed by atoms with E-state index >= 15 is 0 Å². The zero-order chi connectivity index (χ0) is 24.2. The first kappa shape index (κ1) is 24.9. The molecule has 1 aromatic heterocycles. The lowest BCUT2D eigenvalue weighted by Crippen LogP contribution is -2.39. The van der Waals surface area contributed by atoms with Crippen molar-refractivity contribution < 1.29 is 24.2 Å². The minimum Gasteiger partial charge on any atom is -0.497 e. The van der Waals surface area contributed by atoms with Crippen LogP contribution in [-0.4, -0.2) is 47.7 Å². The van der Waals surface area contributed by atoms with E-state index in [1.54, 1.807) is 41.1 Å². The number of rotatable bonds is 8. The first-order chi connectivity index (χ1) is 15.6. The second-order valence-corrected chi connectivity index (χ2v) is 9.52. The molecule has 33 heavy (non-hydrogen) atoms. The van der Waals surface area contributed by atoms with E-state index in [-0.39, 0.29) is 13.1 Å². The van der Waals surface area contributed by atoms with E-state index in [2.05, 4.69) is 26.2 Å². The fourth-order valence-electron chi connectivity index (χ4n) is 3.53. The Morgan fingerprint density at radius 1 is 1.18 bits per heavy atom. The summed E-state index contributed by atoms with van der Waals surface area (Å²) in [6.45, 7) is 5.69. The minimum absolute atomic E-state index is 0.128. The highest BCUT2D eigenvalue weighted by Gasteiger charge is 2.25. The summed E-state index contributed by atoms with van der Waals surface area (Å²) in [5.74, 6) is 1.25. The lowest BCUT2D eigenvalue weighted by atomic mass is 10.0. The van der Waals surface area contributed by atoms with Gasteiger partial charge in [0.15, 0.2) is 0 Å². The Hall–Kier alpha value is -2.75. The molecule has 3 N–H and O–H groups in total. The second kappa shape index (κ2) is 10.5. The average Bonchev–Trinajstić information content (AvgIpc) is 3.15. The van der Waals surface area contributed by atoms with Gasteiger partial charge in [-0.2, -0.15) is 5.06 Å². The van der Waals surface area contributed by atoms with Gasteiger partial charge in [0.1, 0.15) is 17.1 Å². The predicted molar refractivity (Wildman–Crippen MR) is 130 cm³/mol. The van der Waals surface area contributed by atoms with Crippen LogP contribution in [0.15, 0.2) is 47.1 Å². The molecule has 0 aliphatic heterocycles.